The summed E-state index contributed by atoms with van der Waals surface area (Å²) < 4.78 is 5.51. The van der Waals surface area contributed by atoms with Crippen molar-refractivity contribution in [2.24, 2.45) is 5.92 Å². The van der Waals surface area contributed by atoms with Crippen LogP contribution in [0.5, 0.6) is 0 Å². The Hall–Kier alpha value is -1.53. The van der Waals surface area contributed by atoms with Crippen LogP contribution in [0.15, 0.2) is 24.3 Å². The van der Waals surface area contributed by atoms with E-state index in [0.717, 1.165) is 19.5 Å². The van der Waals surface area contributed by atoms with Crippen molar-refractivity contribution in [2.75, 3.05) is 25.1 Å². The summed E-state index contributed by atoms with van der Waals surface area (Å²) >= 11 is 0. The molecule has 1 fully saturated rings. The van der Waals surface area contributed by atoms with Crippen LogP contribution in [-0.2, 0) is 4.74 Å². The van der Waals surface area contributed by atoms with Gasteiger partial charge in [-0.05, 0) is 36.6 Å². The molecule has 0 aromatic heterocycles. The van der Waals surface area contributed by atoms with E-state index in [1.54, 1.807) is 7.11 Å². The van der Waals surface area contributed by atoms with E-state index in [4.69, 9.17) is 10.00 Å². The van der Waals surface area contributed by atoms with E-state index in [2.05, 4.69) is 17.9 Å². The van der Waals surface area contributed by atoms with Gasteiger partial charge in [0.2, 0.25) is 0 Å². The van der Waals surface area contributed by atoms with Crippen LogP contribution in [0, 0.1) is 17.2 Å². The van der Waals surface area contributed by atoms with Gasteiger partial charge in [-0.2, -0.15) is 5.26 Å². The normalized spacial score (nSPS) is 24.4. The Bertz CT molecular complexity index is 407. The summed E-state index contributed by atoms with van der Waals surface area (Å²) in [5.74, 6) is 0.620. The van der Waals surface area contributed by atoms with Gasteiger partial charge in [-0.1, -0.05) is 6.92 Å². The monoisotopic (exact) mass is 230 g/mol. The van der Waals surface area contributed by atoms with Crippen LogP contribution in [0.4, 0.5) is 5.69 Å². The Morgan fingerprint density at radius 3 is 2.65 bits per heavy atom. The number of benzene rings is 1. The Morgan fingerprint density at radius 2 is 2.06 bits per heavy atom. The number of rotatable bonds is 2. The molecular weight excluding hydrogens is 212 g/mol. The van der Waals surface area contributed by atoms with E-state index >= 15 is 0 Å². The third-order valence-electron chi connectivity index (χ3n) is 3.55. The average molecular weight is 230 g/mol. The number of hydrogen-bond acceptors (Lipinski definition) is 3. The summed E-state index contributed by atoms with van der Waals surface area (Å²) in [7, 11) is 1.78. The zero-order valence-electron chi connectivity index (χ0n) is 10.4. The van der Waals surface area contributed by atoms with E-state index in [1.165, 1.54) is 5.69 Å². The minimum absolute atomic E-state index is 0.305. The zero-order valence-corrected chi connectivity index (χ0v) is 10.4. The smallest absolute Gasteiger partial charge is 0.0991 e. The topological polar surface area (TPSA) is 36.3 Å². The van der Waals surface area contributed by atoms with Gasteiger partial charge in [0.15, 0.2) is 0 Å². The van der Waals surface area contributed by atoms with E-state index in [-0.39, 0.29) is 0 Å². The minimum atomic E-state index is 0.305. The van der Waals surface area contributed by atoms with Crippen molar-refractivity contribution in [3.63, 3.8) is 0 Å². The Labute approximate surface area is 103 Å². The Morgan fingerprint density at radius 1 is 1.35 bits per heavy atom. The van der Waals surface area contributed by atoms with Crippen molar-refractivity contribution in [1.29, 1.82) is 5.26 Å². The van der Waals surface area contributed by atoms with Crippen LogP contribution in [-0.4, -0.2) is 26.3 Å². The summed E-state index contributed by atoms with van der Waals surface area (Å²) in [6.45, 7) is 4.24. The van der Waals surface area contributed by atoms with Crippen molar-refractivity contribution in [3.05, 3.63) is 29.8 Å². The predicted octanol–water partition coefficient (Wildman–Crippen LogP) is 2.42. The first-order chi connectivity index (χ1) is 8.24. The molecule has 0 spiro atoms. The molecule has 0 radical (unpaired) electrons. The Kier molecular flexibility index (Phi) is 3.65. The first-order valence-corrected chi connectivity index (χ1v) is 6.02. The highest BCUT2D eigenvalue weighted by atomic mass is 16.5. The third kappa shape index (κ3) is 2.59. The van der Waals surface area contributed by atoms with Gasteiger partial charge in [0.05, 0.1) is 17.7 Å². The van der Waals surface area contributed by atoms with Gasteiger partial charge in [0.1, 0.15) is 0 Å². The highest BCUT2D eigenvalue weighted by molar-refractivity contribution is 5.50. The molecule has 2 unspecified atom stereocenters. The van der Waals surface area contributed by atoms with Crippen LogP contribution >= 0.6 is 0 Å². The molecule has 1 aliphatic heterocycles. The summed E-state index contributed by atoms with van der Waals surface area (Å²) in [4.78, 5) is 2.33. The predicted molar refractivity (Wildman–Crippen MR) is 67.9 cm³/mol. The molecule has 2 atom stereocenters. The molecule has 3 heteroatoms. The van der Waals surface area contributed by atoms with E-state index in [1.807, 2.05) is 24.3 Å². The molecule has 1 heterocycles. The fourth-order valence-corrected chi connectivity index (χ4v) is 2.32. The summed E-state index contributed by atoms with van der Waals surface area (Å²) in [6, 6.07) is 9.91. The first kappa shape index (κ1) is 11.9. The molecule has 0 amide bonds. The Balaban J connectivity index is 2.09. The largest absolute Gasteiger partial charge is 0.379 e. The summed E-state index contributed by atoms with van der Waals surface area (Å²) in [5, 5.41) is 8.77. The van der Waals surface area contributed by atoms with Crippen molar-refractivity contribution in [2.45, 2.75) is 19.4 Å². The fourth-order valence-electron chi connectivity index (χ4n) is 2.32. The van der Waals surface area contributed by atoms with Crippen molar-refractivity contribution >= 4 is 5.69 Å². The molecule has 17 heavy (non-hydrogen) atoms. The number of nitriles is 1. The highest BCUT2D eigenvalue weighted by Crippen LogP contribution is 2.24. The molecule has 0 bridgehead atoms. The number of anilines is 1. The second kappa shape index (κ2) is 5.20. The molecule has 90 valence electrons. The second-order valence-electron chi connectivity index (χ2n) is 4.64. The van der Waals surface area contributed by atoms with Crippen molar-refractivity contribution < 1.29 is 4.74 Å². The lowest BCUT2D eigenvalue weighted by atomic mass is 9.95. The molecule has 0 aliphatic carbocycles. The van der Waals surface area contributed by atoms with Crippen LogP contribution in [0.2, 0.25) is 0 Å². The maximum Gasteiger partial charge on any atom is 0.0991 e. The maximum atomic E-state index is 8.77. The van der Waals surface area contributed by atoms with Crippen LogP contribution in [0.3, 0.4) is 0 Å². The fraction of sp³-hybridized carbons (Fsp3) is 0.500. The SMILES string of the molecule is COC1CN(c2ccc(C#N)cc2)CCC1C. The second-order valence-corrected chi connectivity index (χ2v) is 4.64. The molecule has 2 rings (SSSR count). The quantitative estimate of drug-likeness (QED) is 0.783. The summed E-state index contributed by atoms with van der Waals surface area (Å²) in [6.07, 6.45) is 1.46. The molecule has 0 N–H and O–H groups in total. The zero-order chi connectivity index (χ0) is 12.3. The molecule has 1 saturated heterocycles. The third-order valence-corrected chi connectivity index (χ3v) is 3.55. The molecule has 1 aromatic carbocycles. The molecule has 1 aliphatic rings. The van der Waals surface area contributed by atoms with Gasteiger partial charge < -0.3 is 9.64 Å². The summed E-state index contributed by atoms with van der Waals surface area (Å²) in [5.41, 5.74) is 1.89. The van der Waals surface area contributed by atoms with Crippen molar-refractivity contribution in [1.82, 2.24) is 0 Å². The van der Waals surface area contributed by atoms with Crippen LogP contribution in [0.1, 0.15) is 18.9 Å². The number of hydrogen-bond donors (Lipinski definition) is 0. The number of piperidine rings is 1. The lowest BCUT2D eigenvalue weighted by molar-refractivity contribution is 0.0498. The number of nitrogens with zero attached hydrogens (tertiary/aromatic N) is 2. The first-order valence-electron chi connectivity index (χ1n) is 6.02. The highest BCUT2D eigenvalue weighted by Gasteiger charge is 2.25. The standard InChI is InChI=1S/C14H18N2O/c1-11-7-8-16(10-14(11)17-2)13-5-3-12(9-15)4-6-13/h3-6,11,14H,7-8,10H2,1-2H3. The lowest BCUT2D eigenvalue weighted by Crippen LogP contribution is -2.43. The molecule has 3 nitrogen and oxygen atoms in total. The van der Waals surface area contributed by atoms with Crippen molar-refractivity contribution in [3.8, 4) is 6.07 Å². The van der Waals surface area contributed by atoms with Gasteiger partial charge in [-0.15, -0.1) is 0 Å². The van der Waals surface area contributed by atoms with E-state index < -0.39 is 0 Å². The van der Waals surface area contributed by atoms with Gasteiger partial charge >= 0.3 is 0 Å². The minimum Gasteiger partial charge on any atom is -0.379 e. The van der Waals surface area contributed by atoms with Gasteiger partial charge in [0.25, 0.3) is 0 Å². The van der Waals surface area contributed by atoms with Gasteiger partial charge in [-0.25, -0.2) is 0 Å². The van der Waals surface area contributed by atoms with E-state index in [0.29, 0.717) is 17.6 Å². The van der Waals surface area contributed by atoms with Gasteiger partial charge in [-0.3, -0.25) is 0 Å². The van der Waals surface area contributed by atoms with E-state index in [9.17, 15) is 0 Å². The number of methoxy groups -OCH3 is 1. The average Bonchev–Trinajstić information content (AvgIpc) is 2.39. The van der Waals surface area contributed by atoms with Crippen LogP contribution in [0.25, 0.3) is 0 Å². The lowest BCUT2D eigenvalue weighted by Gasteiger charge is -2.37. The molecule has 1 aromatic rings. The maximum absolute atomic E-state index is 8.77. The number of ether oxygens (including phenoxy) is 1. The van der Waals surface area contributed by atoms with Crippen LogP contribution < -0.4 is 4.90 Å². The molecule has 0 saturated carbocycles. The van der Waals surface area contributed by atoms with Gasteiger partial charge in [0, 0.05) is 25.9 Å². The molecular formula is C14H18N2O.